The van der Waals surface area contributed by atoms with Crippen LogP contribution in [0.3, 0.4) is 0 Å². The van der Waals surface area contributed by atoms with E-state index in [4.69, 9.17) is 9.98 Å². The minimum absolute atomic E-state index is 0. The number of aryl methyl sites for hydroxylation is 1. The number of aliphatic imine (C=N–C) groups is 2. The predicted octanol–water partition coefficient (Wildman–Crippen LogP) is 7.83. The number of unbranched alkanes of at least 4 members (excludes halogenated alkanes) is 4. The normalized spacial score (nSPS) is 11.3. The average molecular weight is 529 g/mol. The Balaban J connectivity index is 0.000000546. The quantitative estimate of drug-likeness (QED) is 0.144. The van der Waals surface area contributed by atoms with E-state index in [0.717, 1.165) is 42.1 Å². The number of nitrogens with zero attached hydrogens (tertiary/aromatic N) is 2. The first kappa shape index (κ1) is 31.1. The molecule has 3 aromatic rings. The largest absolute Gasteiger partial charge is 2.00 e. The van der Waals surface area contributed by atoms with E-state index in [1.807, 2.05) is 36.4 Å². The zero-order valence-electron chi connectivity index (χ0n) is 21.7. The Morgan fingerprint density at radius 3 is 1.56 bits per heavy atom. The van der Waals surface area contributed by atoms with E-state index in [-0.39, 0.29) is 16.5 Å². The van der Waals surface area contributed by atoms with Gasteiger partial charge in [-0.05, 0) is 56.9 Å². The molecule has 36 heavy (non-hydrogen) atoms. The van der Waals surface area contributed by atoms with Gasteiger partial charge in [0.1, 0.15) is 0 Å². The molecule has 0 unspecified atom stereocenters. The number of hydrogen-bond donors (Lipinski definition) is 0. The molecule has 4 nitrogen and oxygen atoms in total. The van der Waals surface area contributed by atoms with Gasteiger partial charge in [-0.3, -0.25) is 9.98 Å². The molecule has 0 aliphatic heterocycles. The van der Waals surface area contributed by atoms with Crippen LogP contribution in [0.25, 0.3) is 0 Å². The van der Waals surface area contributed by atoms with E-state index >= 15 is 0 Å². The van der Waals surface area contributed by atoms with Crippen LogP contribution in [0.4, 0.5) is 11.4 Å². The third-order valence-corrected chi connectivity index (χ3v) is 5.58. The molecule has 0 radical (unpaired) electrons. The topological polar surface area (TPSA) is 70.8 Å². The second-order valence-corrected chi connectivity index (χ2v) is 8.60. The van der Waals surface area contributed by atoms with Crippen LogP contribution in [-0.2, 0) is 16.5 Å². The number of para-hydroxylation sites is 3. The SMILES string of the molecule is CCCCCCC(=Nc1ccccc1)C(CCCC)=Nc1ccccc1.Cc1cccc([O-])c1[O-].[Ni+2]. The molecule has 0 spiro atoms. The zero-order valence-corrected chi connectivity index (χ0v) is 22.7. The van der Waals surface area contributed by atoms with Crippen LogP contribution in [0.2, 0.25) is 0 Å². The molecule has 3 aromatic carbocycles. The van der Waals surface area contributed by atoms with Crippen molar-refractivity contribution in [1.29, 1.82) is 0 Å². The summed E-state index contributed by atoms with van der Waals surface area (Å²) in [6.45, 7) is 6.11. The van der Waals surface area contributed by atoms with Crippen LogP contribution in [0.5, 0.6) is 11.5 Å². The third-order valence-electron chi connectivity index (χ3n) is 5.58. The van der Waals surface area contributed by atoms with Gasteiger partial charge in [-0.25, -0.2) is 0 Å². The van der Waals surface area contributed by atoms with Crippen molar-refractivity contribution in [3.8, 4) is 11.5 Å². The zero-order chi connectivity index (χ0) is 25.3. The molecule has 0 aliphatic rings. The van der Waals surface area contributed by atoms with E-state index in [1.54, 1.807) is 19.1 Å². The molecule has 194 valence electrons. The second-order valence-electron chi connectivity index (χ2n) is 8.60. The van der Waals surface area contributed by atoms with Crippen LogP contribution < -0.4 is 10.2 Å². The van der Waals surface area contributed by atoms with E-state index < -0.39 is 11.5 Å². The van der Waals surface area contributed by atoms with Crippen molar-refractivity contribution in [2.45, 2.75) is 72.1 Å². The molecule has 0 saturated carbocycles. The van der Waals surface area contributed by atoms with Gasteiger partial charge in [0.25, 0.3) is 0 Å². The first-order valence-corrected chi connectivity index (χ1v) is 12.7. The molecule has 0 bridgehead atoms. The van der Waals surface area contributed by atoms with Gasteiger partial charge in [0, 0.05) is 0 Å². The summed E-state index contributed by atoms with van der Waals surface area (Å²) >= 11 is 0. The molecule has 0 fully saturated rings. The molecule has 0 atom stereocenters. The molecule has 3 rings (SSSR count). The van der Waals surface area contributed by atoms with Gasteiger partial charge >= 0.3 is 16.5 Å². The van der Waals surface area contributed by atoms with Crippen molar-refractivity contribution in [2.24, 2.45) is 9.98 Å². The minimum Gasteiger partial charge on any atom is -0.873 e. The van der Waals surface area contributed by atoms with Crippen LogP contribution in [0, 0.1) is 6.92 Å². The fraction of sp³-hybridized carbons (Fsp3) is 0.355. The molecule has 0 N–H and O–H groups in total. The van der Waals surface area contributed by atoms with Crippen molar-refractivity contribution in [3.63, 3.8) is 0 Å². The Kier molecular flexibility index (Phi) is 15.9. The van der Waals surface area contributed by atoms with E-state index in [2.05, 4.69) is 38.1 Å². The number of benzene rings is 3. The van der Waals surface area contributed by atoms with E-state index in [0.29, 0.717) is 5.56 Å². The van der Waals surface area contributed by atoms with Crippen molar-refractivity contribution in [2.75, 3.05) is 0 Å². The summed E-state index contributed by atoms with van der Waals surface area (Å²) in [4.78, 5) is 9.97. The van der Waals surface area contributed by atoms with Gasteiger partial charge in [-0.2, -0.15) is 0 Å². The monoisotopic (exact) mass is 528 g/mol. The number of rotatable bonds is 11. The maximum atomic E-state index is 10.7. The minimum atomic E-state index is -0.421. The van der Waals surface area contributed by atoms with Gasteiger partial charge in [-0.15, -0.1) is 11.5 Å². The Bertz CT molecular complexity index is 1030. The molecular formula is C31H38N2NiO2. The van der Waals surface area contributed by atoms with Crippen LogP contribution in [0.15, 0.2) is 88.8 Å². The second kappa shape index (κ2) is 18.4. The van der Waals surface area contributed by atoms with Crippen LogP contribution in [-0.4, -0.2) is 11.4 Å². The fourth-order valence-electron chi connectivity index (χ4n) is 3.54. The van der Waals surface area contributed by atoms with Crippen molar-refractivity contribution in [3.05, 3.63) is 84.4 Å². The first-order chi connectivity index (χ1) is 17.0. The maximum Gasteiger partial charge on any atom is 2.00 e. The fourth-order valence-corrected chi connectivity index (χ4v) is 3.54. The Labute approximate surface area is 227 Å². The Hall–Kier alpha value is -2.91. The van der Waals surface area contributed by atoms with Crippen molar-refractivity contribution in [1.82, 2.24) is 0 Å². The molecule has 0 saturated heterocycles. The Morgan fingerprint density at radius 2 is 1.11 bits per heavy atom. The average Bonchev–Trinajstić information content (AvgIpc) is 2.88. The van der Waals surface area contributed by atoms with Crippen molar-refractivity contribution < 1.29 is 26.7 Å². The summed E-state index contributed by atoms with van der Waals surface area (Å²) in [5.74, 6) is -0.812. The Morgan fingerprint density at radius 1 is 0.611 bits per heavy atom. The summed E-state index contributed by atoms with van der Waals surface area (Å²) in [7, 11) is 0. The third kappa shape index (κ3) is 11.7. The predicted molar refractivity (Wildman–Crippen MR) is 145 cm³/mol. The molecule has 0 heterocycles. The molecular weight excluding hydrogens is 491 g/mol. The summed E-state index contributed by atoms with van der Waals surface area (Å²) in [6, 6.07) is 25.0. The van der Waals surface area contributed by atoms with E-state index in [9.17, 15) is 10.2 Å². The van der Waals surface area contributed by atoms with Crippen LogP contribution >= 0.6 is 0 Å². The summed E-state index contributed by atoms with van der Waals surface area (Å²) in [5, 5.41) is 21.2. The molecule has 0 amide bonds. The summed E-state index contributed by atoms with van der Waals surface area (Å²) < 4.78 is 0. The first-order valence-electron chi connectivity index (χ1n) is 12.7. The maximum absolute atomic E-state index is 10.7. The molecule has 5 heteroatoms. The smallest absolute Gasteiger partial charge is 0.873 e. The van der Waals surface area contributed by atoms with Gasteiger partial charge in [0.05, 0.1) is 22.8 Å². The summed E-state index contributed by atoms with van der Waals surface area (Å²) in [6.07, 6.45) is 9.30. The van der Waals surface area contributed by atoms with Gasteiger partial charge in [0.2, 0.25) is 0 Å². The van der Waals surface area contributed by atoms with Gasteiger partial charge in [0.15, 0.2) is 0 Å². The van der Waals surface area contributed by atoms with Crippen molar-refractivity contribution >= 4 is 22.8 Å². The summed E-state index contributed by atoms with van der Waals surface area (Å²) in [5.41, 5.74) is 4.87. The molecule has 0 aromatic heterocycles. The van der Waals surface area contributed by atoms with Crippen LogP contribution in [0.1, 0.15) is 70.8 Å². The van der Waals surface area contributed by atoms with Gasteiger partial charge in [-0.1, -0.05) is 99.7 Å². The van der Waals surface area contributed by atoms with Gasteiger partial charge < -0.3 is 10.2 Å². The molecule has 0 aliphatic carbocycles. The standard InChI is InChI=1S/C24H32N2.C7H8O2.Ni/c1-3-5-7-14-20-24(26-22-17-12-9-13-18-22)23(19-6-4-2)25-21-15-10-8-11-16-21;1-5-3-2-4-6(8)7(5)9;/h8-13,15-18H,3-7,14,19-20H2,1-2H3;2-4,8-9H,1H3;/q;;+2/p-2. The number of hydrogen-bond acceptors (Lipinski definition) is 4. The van der Waals surface area contributed by atoms with E-state index in [1.165, 1.54) is 38.2 Å².